The van der Waals surface area contributed by atoms with Gasteiger partial charge in [-0.2, -0.15) is 0 Å². The number of aromatic nitrogens is 2. The molecular weight excluding hydrogens is 384 g/mol. The van der Waals surface area contributed by atoms with Crippen molar-refractivity contribution in [3.8, 4) is 5.75 Å². The Kier molecular flexibility index (Phi) is 6.32. The summed E-state index contributed by atoms with van der Waals surface area (Å²) in [5.41, 5.74) is -1.16. The number of nitrogens with zero attached hydrogens (tertiary/aromatic N) is 2. The molecule has 2 aromatic carbocycles. The van der Waals surface area contributed by atoms with E-state index >= 15 is 0 Å². The van der Waals surface area contributed by atoms with Crippen LogP contribution in [0.3, 0.4) is 0 Å². The molecule has 3 rings (SSSR count). The summed E-state index contributed by atoms with van der Waals surface area (Å²) in [7, 11) is 4.45. The van der Waals surface area contributed by atoms with Crippen molar-refractivity contribution < 1.29 is 24.2 Å². The Morgan fingerprint density at radius 2 is 1.77 bits per heavy atom. The lowest BCUT2D eigenvalue weighted by atomic mass is 9.74. The molecule has 0 saturated carbocycles. The van der Waals surface area contributed by atoms with E-state index in [1.807, 2.05) is 6.07 Å². The summed E-state index contributed by atoms with van der Waals surface area (Å²) in [5.74, 6) is -1.23. The number of hydrogen-bond donors (Lipinski definition) is 1. The molecule has 0 radical (unpaired) electrons. The Morgan fingerprint density at radius 1 is 1.10 bits per heavy atom. The van der Waals surface area contributed by atoms with Crippen LogP contribution in [0.1, 0.15) is 34.1 Å². The number of hydrogen-bond acceptors (Lipinski definition) is 6. The number of ketones is 1. The number of carbonyl (C=O) groups is 2. The van der Waals surface area contributed by atoms with Crippen molar-refractivity contribution in [2.24, 2.45) is 7.05 Å². The predicted octanol–water partition coefficient (Wildman–Crippen LogP) is 2.85. The lowest BCUT2D eigenvalue weighted by Gasteiger charge is -2.34. The number of ether oxygens (including phenoxy) is 2. The van der Waals surface area contributed by atoms with E-state index in [0.29, 0.717) is 16.9 Å². The minimum atomic E-state index is -2.09. The predicted molar refractivity (Wildman–Crippen MR) is 110 cm³/mol. The summed E-state index contributed by atoms with van der Waals surface area (Å²) in [4.78, 5) is 30.0. The molecular formula is C23H24N2O5. The Hall–Kier alpha value is -3.45. The van der Waals surface area contributed by atoms with Gasteiger partial charge in [0.2, 0.25) is 0 Å². The number of aryl methyl sites for hydroxylation is 1. The minimum Gasteiger partial charge on any atom is -0.497 e. The molecule has 3 aromatic rings. The van der Waals surface area contributed by atoms with E-state index in [-0.39, 0.29) is 18.0 Å². The van der Waals surface area contributed by atoms with Crippen LogP contribution in [0.15, 0.2) is 67.0 Å². The third-order valence-electron chi connectivity index (χ3n) is 5.19. The summed E-state index contributed by atoms with van der Waals surface area (Å²) < 4.78 is 11.8. The molecule has 0 fully saturated rings. The fourth-order valence-corrected chi connectivity index (χ4v) is 3.57. The molecule has 30 heavy (non-hydrogen) atoms. The molecule has 7 heteroatoms. The van der Waals surface area contributed by atoms with E-state index in [2.05, 4.69) is 4.98 Å². The average molecular weight is 408 g/mol. The van der Waals surface area contributed by atoms with Gasteiger partial charge in [0.05, 0.1) is 14.2 Å². The van der Waals surface area contributed by atoms with E-state index in [1.54, 1.807) is 66.3 Å². The normalized spacial score (nSPS) is 13.9. The topological polar surface area (TPSA) is 90.7 Å². The Balaban J connectivity index is 2.12. The molecule has 0 aliphatic heterocycles. The van der Waals surface area contributed by atoms with Crippen LogP contribution in [0.2, 0.25) is 0 Å². The highest BCUT2D eigenvalue weighted by atomic mass is 16.5. The summed E-state index contributed by atoms with van der Waals surface area (Å²) in [6, 6.07) is 15.4. The summed E-state index contributed by atoms with van der Waals surface area (Å²) >= 11 is 0. The molecule has 0 aliphatic rings. The van der Waals surface area contributed by atoms with E-state index < -0.39 is 17.5 Å². The Labute approximate surface area is 174 Å². The summed E-state index contributed by atoms with van der Waals surface area (Å²) in [6.45, 7) is 0. The quantitative estimate of drug-likeness (QED) is 0.455. The maximum atomic E-state index is 13.0. The molecule has 0 saturated heterocycles. The number of imidazole rings is 1. The number of methoxy groups -OCH3 is 2. The highest BCUT2D eigenvalue weighted by Gasteiger charge is 2.48. The Bertz CT molecular complexity index is 1010. The number of carbonyl (C=O) groups excluding carboxylic acids is 2. The van der Waals surface area contributed by atoms with Gasteiger partial charge < -0.3 is 19.1 Å². The van der Waals surface area contributed by atoms with Gasteiger partial charge in [-0.15, -0.1) is 0 Å². The molecule has 156 valence electrons. The Morgan fingerprint density at radius 3 is 2.30 bits per heavy atom. The van der Waals surface area contributed by atoms with Crippen molar-refractivity contribution in [1.82, 2.24) is 9.55 Å². The second kappa shape index (κ2) is 8.92. The second-order valence-electron chi connectivity index (χ2n) is 6.94. The smallest absolute Gasteiger partial charge is 0.343 e. The lowest BCUT2D eigenvalue weighted by molar-refractivity contribution is -0.166. The number of benzene rings is 2. The van der Waals surface area contributed by atoms with Crippen molar-refractivity contribution >= 4 is 11.8 Å². The lowest BCUT2D eigenvalue weighted by Crippen LogP contribution is -2.43. The van der Waals surface area contributed by atoms with Crippen molar-refractivity contribution in [3.63, 3.8) is 0 Å². The molecule has 0 amide bonds. The van der Waals surface area contributed by atoms with E-state index in [1.165, 1.54) is 20.4 Å². The van der Waals surface area contributed by atoms with E-state index in [0.717, 1.165) is 0 Å². The van der Waals surface area contributed by atoms with Gasteiger partial charge in [0.25, 0.3) is 0 Å². The number of esters is 1. The minimum absolute atomic E-state index is 0.146. The van der Waals surface area contributed by atoms with Crippen LogP contribution in [0, 0.1) is 0 Å². The summed E-state index contributed by atoms with van der Waals surface area (Å²) in [5, 5.41) is 11.7. The van der Waals surface area contributed by atoms with Gasteiger partial charge in [-0.1, -0.05) is 42.5 Å². The fourth-order valence-electron chi connectivity index (χ4n) is 3.57. The molecule has 1 N–H and O–H groups in total. The monoisotopic (exact) mass is 408 g/mol. The average Bonchev–Trinajstić information content (AvgIpc) is 3.22. The standard InChI is InChI=1S/C23H24N2O5/c1-25-14-13-24-21(25)20(26)15-19(16-7-5-4-6-8-16)23(28,22(27)30-3)17-9-11-18(29-2)12-10-17/h4-14,19,28H,15H2,1-3H3/t19-,23-/m0/s1. The largest absolute Gasteiger partial charge is 0.497 e. The second-order valence-corrected chi connectivity index (χ2v) is 6.94. The van der Waals surface area contributed by atoms with Crippen LogP contribution in [0.25, 0.3) is 0 Å². The van der Waals surface area contributed by atoms with Crippen LogP contribution in [0.4, 0.5) is 0 Å². The molecule has 0 unspecified atom stereocenters. The van der Waals surface area contributed by atoms with Crippen LogP contribution < -0.4 is 4.74 Å². The van der Waals surface area contributed by atoms with Gasteiger partial charge in [-0.05, 0) is 23.3 Å². The zero-order valence-corrected chi connectivity index (χ0v) is 17.1. The first-order valence-corrected chi connectivity index (χ1v) is 9.42. The van der Waals surface area contributed by atoms with Gasteiger partial charge in [0.15, 0.2) is 17.2 Å². The van der Waals surface area contributed by atoms with Crippen LogP contribution in [0.5, 0.6) is 5.75 Å². The number of Topliss-reactive ketones (excluding diaryl/α,β-unsaturated/α-hetero) is 1. The van der Waals surface area contributed by atoms with Crippen molar-refractivity contribution in [1.29, 1.82) is 0 Å². The van der Waals surface area contributed by atoms with Gasteiger partial charge >= 0.3 is 5.97 Å². The summed E-state index contributed by atoms with van der Waals surface area (Å²) in [6.07, 6.45) is 3.05. The zero-order valence-electron chi connectivity index (χ0n) is 17.1. The van der Waals surface area contributed by atoms with E-state index in [4.69, 9.17) is 9.47 Å². The molecule has 7 nitrogen and oxygen atoms in total. The van der Waals surface area contributed by atoms with Crippen molar-refractivity contribution in [2.75, 3.05) is 14.2 Å². The molecule has 0 spiro atoms. The highest BCUT2D eigenvalue weighted by molar-refractivity contribution is 5.94. The molecule has 0 aliphatic carbocycles. The first-order valence-electron chi connectivity index (χ1n) is 9.42. The molecule has 2 atom stereocenters. The van der Waals surface area contributed by atoms with Gasteiger partial charge in [-0.25, -0.2) is 9.78 Å². The van der Waals surface area contributed by atoms with Crippen LogP contribution >= 0.6 is 0 Å². The number of aliphatic hydroxyl groups is 1. The SMILES string of the molecule is COC(=O)[C@](O)(c1ccc(OC)cc1)[C@@H](CC(=O)c1nccn1C)c1ccccc1. The van der Waals surface area contributed by atoms with Crippen molar-refractivity contribution in [3.05, 3.63) is 83.9 Å². The van der Waals surface area contributed by atoms with Gasteiger partial charge in [-0.3, -0.25) is 4.79 Å². The maximum Gasteiger partial charge on any atom is 0.343 e. The van der Waals surface area contributed by atoms with Gasteiger partial charge in [0.1, 0.15) is 5.75 Å². The first-order chi connectivity index (χ1) is 14.4. The zero-order chi connectivity index (χ0) is 21.7. The third kappa shape index (κ3) is 3.97. The molecule has 1 heterocycles. The maximum absolute atomic E-state index is 13.0. The van der Waals surface area contributed by atoms with Crippen LogP contribution in [-0.2, 0) is 22.2 Å². The van der Waals surface area contributed by atoms with Crippen molar-refractivity contribution in [2.45, 2.75) is 17.9 Å². The van der Waals surface area contributed by atoms with Gasteiger partial charge in [0, 0.05) is 31.8 Å². The fraction of sp³-hybridized carbons (Fsp3) is 0.261. The van der Waals surface area contributed by atoms with E-state index in [9.17, 15) is 14.7 Å². The molecule has 0 bridgehead atoms. The number of rotatable bonds is 8. The first kappa shape index (κ1) is 21.3. The third-order valence-corrected chi connectivity index (χ3v) is 5.19. The highest BCUT2D eigenvalue weighted by Crippen LogP contribution is 2.41. The van der Waals surface area contributed by atoms with Crippen LogP contribution in [-0.4, -0.2) is 40.6 Å². The molecule has 1 aromatic heterocycles.